The molecule has 0 radical (unpaired) electrons. The third kappa shape index (κ3) is 5.22. The molecule has 5 nitrogen and oxygen atoms in total. The van der Waals surface area contributed by atoms with Crippen molar-refractivity contribution >= 4 is 34.6 Å². The molecule has 1 aliphatic heterocycles. The molecule has 0 spiro atoms. The number of carbonyl (C=O) groups excluding carboxylic acids is 1. The van der Waals surface area contributed by atoms with Crippen LogP contribution in [0.5, 0.6) is 5.75 Å². The first kappa shape index (κ1) is 24.9. The number of likely N-dealkylation sites (N-methyl/N-ethyl adjacent to an activating group) is 1. The quantitative estimate of drug-likeness (QED) is 0.363. The van der Waals surface area contributed by atoms with E-state index in [9.17, 15) is 4.79 Å². The first-order valence-electron chi connectivity index (χ1n) is 11.9. The number of amides is 1. The van der Waals surface area contributed by atoms with Crippen molar-refractivity contribution in [3.8, 4) is 11.4 Å². The molecule has 6 heteroatoms. The Balaban J connectivity index is 1.61. The van der Waals surface area contributed by atoms with Crippen LogP contribution < -0.4 is 4.74 Å². The molecule has 0 saturated carbocycles. The molecule has 1 aromatic heterocycles. The number of rotatable bonds is 5. The number of nitrogens with zero attached hydrogens (tertiary/aromatic N) is 3. The SMILES string of the molecule is CCOc1ccc(N=C2S/C(=C\c3cc(C)n(-c4ccc(C(C)(C)C)cc4)c3C)C(=O)N2C)cc1. The van der Waals surface area contributed by atoms with Crippen LogP contribution in [-0.2, 0) is 10.2 Å². The Bertz CT molecular complexity index is 1290. The predicted octanol–water partition coefficient (Wildman–Crippen LogP) is 7.02. The molecule has 0 aliphatic carbocycles. The van der Waals surface area contributed by atoms with E-state index in [1.807, 2.05) is 37.3 Å². The maximum atomic E-state index is 13.0. The van der Waals surface area contributed by atoms with Crippen LogP contribution in [0.4, 0.5) is 5.69 Å². The fourth-order valence-electron chi connectivity index (χ4n) is 4.13. The lowest BCUT2D eigenvalue weighted by molar-refractivity contribution is -0.121. The van der Waals surface area contributed by atoms with Gasteiger partial charge in [-0.2, -0.15) is 0 Å². The van der Waals surface area contributed by atoms with Crippen molar-refractivity contribution in [3.05, 3.63) is 82.0 Å². The molecule has 182 valence electrons. The van der Waals surface area contributed by atoms with Gasteiger partial charge >= 0.3 is 0 Å². The van der Waals surface area contributed by atoms with Gasteiger partial charge < -0.3 is 9.30 Å². The molecule has 3 aromatic rings. The van der Waals surface area contributed by atoms with E-state index in [2.05, 4.69) is 74.5 Å². The Morgan fingerprint density at radius 1 is 1.03 bits per heavy atom. The number of ether oxygens (including phenoxy) is 1. The zero-order chi connectivity index (χ0) is 25.3. The second-order valence-electron chi connectivity index (χ2n) is 9.75. The van der Waals surface area contributed by atoms with E-state index in [0.717, 1.165) is 34.1 Å². The Kier molecular flexibility index (Phi) is 6.95. The lowest BCUT2D eigenvalue weighted by Gasteiger charge is -2.20. The fourth-order valence-corrected chi connectivity index (χ4v) is 5.11. The van der Waals surface area contributed by atoms with Gasteiger partial charge in [0.2, 0.25) is 0 Å². The maximum Gasteiger partial charge on any atom is 0.266 e. The van der Waals surface area contributed by atoms with Gasteiger partial charge in [0.15, 0.2) is 5.17 Å². The average molecular weight is 488 g/mol. The monoisotopic (exact) mass is 487 g/mol. The van der Waals surface area contributed by atoms with Crippen LogP contribution in [0.1, 0.15) is 50.2 Å². The summed E-state index contributed by atoms with van der Waals surface area (Å²) < 4.78 is 7.74. The maximum absolute atomic E-state index is 13.0. The summed E-state index contributed by atoms with van der Waals surface area (Å²) >= 11 is 1.40. The Hall–Kier alpha value is -3.25. The van der Waals surface area contributed by atoms with E-state index in [1.165, 1.54) is 17.3 Å². The van der Waals surface area contributed by atoms with E-state index in [0.29, 0.717) is 16.7 Å². The number of benzene rings is 2. The second kappa shape index (κ2) is 9.78. The number of amidine groups is 1. The van der Waals surface area contributed by atoms with Crippen LogP contribution >= 0.6 is 11.8 Å². The standard InChI is InChI=1S/C29H33N3O2S/c1-8-34-25-15-11-23(12-16-25)30-28-31(7)27(33)26(35-28)18-21-17-19(2)32(20(21)3)24-13-9-22(10-14-24)29(4,5)6/h9-18H,8H2,1-7H3/b26-18-,30-28?. The summed E-state index contributed by atoms with van der Waals surface area (Å²) in [7, 11) is 1.77. The molecule has 1 fully saturated rings. The lowest BCUT2D eigenvalue weighted by Crippen LogP contribution is -2.23. The van der Waals surface area contributed by atoms with Crippen molar-refractivity contribution < 1.29 is 9.53 Å². The Morgan fingerprint density at radius 2 is 1.69 bits per heavy atom. The number of aryl methyl sites for hydroxylation is 1. The zero-order valence-electron chi connectivity index (χ0n) is 21.5. The fraction of sp³-hybridized carbons (Fsp3) is 0.310. The third-order valence-electron chi connectivity index (χ3n) is 6.12. The van der Waals surface area contributed by atoms with Crippen molar-refractivity contribution in [2.45, 2.75) is 47.0 Å². The number of hydrogen-bond acceptors (Lipinski definition) is 4. The van der Waals surface area contributed by atoms with Crippen LogP contribution in [0, 0.1) is 13.8 Å². The zero-order valence-corrected chi connectivity index (χ0v) is 22.4. The molecule has 2 aromatic carbocycles. The van der Waals surface area contributed by atoms with Crippen LogP contribution in [0.25, 0.3) is 11.8 Å². The van der Waals surface area contributed by atoms with E-state index in [1.54, 1.807) is 11.9 Å². The van der Waals surface area contributed by atoms with Gasteiger partial charge in [-0.3, -0.25) is 9.69 Å². The minimum atomic E-state index is -0.0426. The summed E-state index contributed by atoms with van der Waals surface area (Å²) in [4.78, 5) is 19.9. The Labute approximate surface area is 212 Å². The van der Waals surface area contributed by atoms with Gasteiger partial charge in [-0.1, -0.05) is 32.9 Å². The van der Waals surface area contributed by atoms with Gasteiger partial charge in [0.05, 0.1) is 17.2 Å². The average Bonchev–Trinajstić information content (AvgIpc) is 3.24. The molecule has 0 bridgehead atoms. The van der Waals surface area contributed by atoms with Gasteiger partial charge in [-0.15, -0.1) is 0 Å². The van der Waals surface area contributed by atoms with Crippen molar-refractivity contribution in [2.75, 3.05) is 13.7 Å². The van der Waals surface area contributed by atoms with Crippen molar-refractivity contribution in [1.82, 2.24) is 9.47 Å². The number of aliphatic imine (C=N–C) groups is 1. The number of carbonyl (C=O) groups is 1. The van der Waals surface area contributed by atoms with Crippen molar-refractivity contribution in [1.29, 1.82) is 0 Å². The van der Waals surface area contributed by atoms with E-state index in [-0.39, 0.29) is 11.3 Å². The molecular weight excluding hydrogens is 454 g/mol. The number of aromatic nitrogens is 1. The third-order valence-corrected chi connectivity index (χ3v) is 7.18. The summed E-state index contributed by atoms with van der Waals surface area (Å²) in [5.41, 5.74) is 6.60. The summed E-state index contributed by atoms with van der Waals surface area (Å²) in [5, 5.41) is 0.664. The van der Waals surface area contributed by atoms with Gasteiger partial charge in [0.25, 0.3) is 5.91 Å². The molecule has 4 rings (SSSR count). The van der Waals surface area contributed by atoms with Gasteiger partial charge in [-0.25, -0.2) is 4.99 Å². The highest BCUT2D eigenvalue weighted by Crippen LogP contribution is 2.35. The first-order valence-corrected chi connectivity index (χ1v) is 12.7. The van der Waals surface area contributed by atoms with Gasteiger partial charge in [0.1, 0.15) is 5.75 Å². The molecule has 1 aliphatic rings. The summed E-state index contributed by atoms with van der Waals surface area (Å²) in [6.45, 7) is 13.4. The van der Waals surface area contributed by atoms with Crippen molar-refractivity contribution in [3.63, 3.8) is 0 Å². The van der Waals surface area contributed by atoms with Crippen LogP contribution in [-0.4, -0.2) is 34.2 Å². The Morgan fingerprint density at radius 3 is 2.29 bits per heavy atom. The summed E-state index contributed by atoms with van der Waals surface area (Å²) in [5.74, 6) is 0.767. The summed E-state index contributed by atoms with van der Waals surface area (Å²) in [6.07, 6.45) is 1.98. The van der Waals surface area contributed by atoms with Crippen LogP contribution in [0.2, 0.25) is 0 Å². The highest BCUT2D eigenvalue weighted by molar-refractivity contribution is 8.18. The normalized spacial score (nSPS) is 16.5. The topological polar surface area (TPSA) is 46.8 Å². The van der Waals surface area contributed by atoms with E-state index < -0.39 is 0 Å². The van der Waals surface area contributed by atoms with Crippen molar-refractivity contribution in [2.24, 2.45) is 4.99 Å². The molecule has 0 N–H and O–H groups in total. The molecule has 0 unspecified atom stereocenters. The molecule has 1 saturated heterocycles. The van der Waals surface area contributed by atoms with Crippen LogP contribution in [0.3, 0.4) is 0 Å². The molecule has 35 heavy (non-hydrogen) atoms. The van der Waals surface area contributed by atoms with E-state index in [4.69, 9.17) is 4.74 Å². The highest BCUT2D eigenvalue weighted by atomic mass is 32.2. The number of hydrogen-bond donors (Lipinski definition) is 0. The predicted molar refractivity (Wildman–Crippen MR) is 147 cm³/mol. The molecule has 0 atom stereocenters. The van der Waals surface area contributed by atoms with Gasteiger partial charge in [-0.05, 0) is 97.6 Å². The lowest BCUT2D eigenvalue weighted by atomic mass is 9.87. The molecular formula is C29H33N3O2S. The van der Waals surface area contributed by atoms with Gasteiger partial charge in [0, 0.05) is 24.1 Å². The minimum Gasteiger partial charge on any atom is -0.494 e. The number of thioether (sulfide) groups is 1. The summed E-state index contributed by atoms with van der Waals surface area (Å²) in [6, 6.07) is 18.4. The van der Waals surface area contributed by atoms with Crippen LogP contribution in [0.15, 0.2) is 64.5 Å². The molecule has 1 amide bonds. The molecule has 2 heterocycles. The van der Waals surface area contributed by atoms with E-state index >= 15 is 0 Å². The highest BCUT2D eigenvalue weighted by Gasteiger charge is 2.30. The smallest absolute Gasteiger partial charge is 0.266 e. The first-order chi connectivity index (χ1) is 16.6. The minimum absolute atomic E-state index is 0.0426. The largest absolute Gasteiger partial charge is 0.494 e. The second-order valence-corrected chi connectivity index (χ2v) is 10.8.